The van der Waals surface area contributed by atoms with Crippen LogP contribution in [0.4, 0.5) is 26.3 Å². The van der Waals surface area contributed by atoms with Gasteiger partial charge in [-0.2, -0.15) is 26.3 Å². The lowest BCUT2D eigenvalue weighted by Gasteiger charge is -2.14. The molecule has 4 rings (SSSR count). The van der Waals surface area contributed by atoms with Gasteiger partial charge in [-0.1, -0.05) is 36.4 Å². The van der Waals surface area contributed by atoms with Crippen LogP contribution in [0.25, 0.3) is 11.0 Å². The van der Waals surface area contributed by atoms with Crippen LogP contribution < -0.4 is 10.4 Å². The number of alkyl halides is 6. The quantitative estimate of drug-likeness (QED) is 0.229. The van der Waals surface area contributed by atoms with Crippen molar-refractivity contribution in [3.05, 3.63) is 111 Å². The highest BCUT2D eigenvalue weighted by Gasteiger charge is 2.31. The van der Waals surface area contributed by atoms with E-state index in [1.54, 1.807) is 24.3 Å². The van der Waals surface area contributed by atoms with Crippen molar-refractivity contribution in [1.82, 2.24) is 0 Å². The standard InChI is InChI=1S/C25H16F6O3/c26-24(27,28)17-9-5-15(6-10-17)13-20-22(19-3-1-2-4-21(19)34-23(20)32)33-14-16-7-11-18(12-8-16)25(29,30)31/h1-12H,13-14H2. The van der Waals surface area contributed by atoms with Crippen molar-refractivity contribution in [2.75, 3.05) is 0 Å². The first-order valence-corrected chi connectivity index (χ1v) is 10.0. The zero-order valence-corrected chi connectivity index (χ0v) is 17.3. The number of fused-ring (bicyclic) bond motifs is 1. The topological polar surface area (TPSA) is 39.4 Å². The second-order valence-corrected chi connectivity index (χ2v) is 7.55. The molecule has 9 heteroatoms. The molecule has 0 saturated heterocycles. The Hall–Kier alpha value is -3.75. The van der Waals surface area contributed by atoms with Crippen LogP contribution in [0.3, 0.4) is 0 Å². The lowest BCUT2D eigenvalue weighted by Crippen LogP contribution is -2.12. The Labute approximate surface area is 189 Å². The van der Waals surface area contributed by atoms with Gasteiger partial charge in [0.2, 0.25) is 0 Å². The van der Waals surface area contributed by atoms with Crippen LogP contribution in [0, 0.1) is 0 Å². The highest BCUT2D eigenvalue weighted by atomic mass is 19.4. The molecule has 0 bridgehead atoms. The first-order chi connectivity index (χ1) is 16.0. The number of hydrogen-bond donors (Lipinski definition) is 0. The van der Waals surface area contributed by atoms with E-state index in [0.29, 0.717) is 16.5 Å². The second kappa shape index (κ2) is 8.89. The van der Waals surface area contributed by atoms with Gasteiger partial charge in [0.25, 0.3) is 0 Å². The number of hydrogen-bond acceptors (Lipinski definition) is 3. The molecule has 4 aromatic rings. The van der Waals surface area contributed by atoms with E-state index in [1.807, 2.05) is 0 Å². The molecular formula is C25H16F6O3. The van der Waals surface area contributed by atoms with Crippen molar-refractivity contribution in [3.8, 4) is 5.75 Å². The van der Waals surface area contributed by atoms with E-state index in [2.05, 4.69) is 0 Å². The molecule has 3 nitrogen and oxygen atoms in total. The van der Waals surface area contributed by atoms with Gasteiger partial charge in [0, 0.05) is 6.42 Å². The minimum Gasteiger partial charge on any atom is -0.488 e. The van der Waals surface area contributed by atoms with Crippen LogP contribution in [-0.4, -0.2) is 0 Å². The lowest BCUT2D eigenvalue weighted by molar-refractivity contribution is -0.138. The number of ether oxygens (including phenoxy) is 1. The third kappa shape index (κ3) is 5.08. The van der Waals surface area contributed by atoms with E-state index in [-0.39, 0.29) is 29.9 Å². The van der Waals surface area contributed by atoms with Gasteiger partial charge in [0.05, 0.1) is 22.1 Å². The largest absolute Gasteiger partial charge is 0.488 e. The van der Waals surface area contributed by atoms with Crippen LogP contribution in [0.1, 0.15) is 27.8 Å². The molecule has 0 spiro atoms. The average molecular weight is 478 g/mol. The van der Waals surface area contributed by atoms with Gasteiger partial charge in [-0.05, 0) is 47.5 Å². The normalized spacial score (nSPS) is 12.2. The summed E-state index contributed by atoms with van der Waals surface area (Å²) in [4.78, 5) is 12.7. The summed E-state index contributed by atoms with van der Waals surface area (Å²) < 4.78 is 88.2. The van der Waals surface area contributed by atoms with Gasteiger partial charge in [0.1, 0.15) is 17.9 Å². The summed E-state index contributed by atoms with van der Waals surface area (Å²) in [5, 5.41) is 0.455. The fourth-order valence-corrected chi connectivity index (χ4v) is 3.44. The Morgan fingerprint density at radius 1 is 0.706 bits per heavy atom. The molecule has 1 aromatic heterocycles. The zero-order chi connectivity index (χ0) is 24.5. The average Bonchev–Trinajstić information content (AvgIpc) is 2.78. The van der Waals surface area contributed by atoms with Crippen molar-refractivity contribution < 1.29 is 35.5 Å². The maximum absolute atomic E-state index is 12.9. The zero-order valence-electron chi connectivity index (χ0n) is 17.3. The third-order valence-corrected chi connectivity index (χ3v) is 5.18. The van der Waals surface area contributed by atoms with Crippen molar-refractivity contribution in [1.29, 1.82) is 0 Å². The molecule has 0 aliphatic heterocycles. The number of benzene rings is 3. The van der Waals surface area contributed by atoms with Crippen LogP contribution >= 0.6 is 0 Å². The molecule has 0 unspecified atom stereocenters. The van der Waals surface area contributed by atoms with Crippen molar-refractivity contribution in [2.24, 2.45) is 0 Å². The van der Waals surface area contributed by atoms with E-state index in [1.165, 1.54) is 24.3 Å². The maximum Gasteiger partial charge on any atom is 0.416 e. The molecule has 34 heavy (non-hydrogen) atoms. The molecule has 0 radical (unpaired) electrons. The monoisotopic (exact) mass is 478 g/mol. The van der Waals surface area contributed by atoms with E-state index in [4.69, 9.17) is 9.15 Å². The van der Waals surface area contributed by atoms with Crippen LogP contribution in [-0.2, 0) is 25.4 Å². The predicted molar refractivity (Wildman–Crippen MR) is 113 cm³/mol. The third-order valence-electron chi connectivity index (χ3n) is 5.18. The molecule has 1 heterocycles. The number of halogens is 6. The summed E-state index contributed by atoms with van der Waals surface area (Å²) in [6.45, 7) is -0.133. The smallest absolute Gasteiger partial charge is 0.416 e. The molecule has 0 atom stereocenters. The summed E-state index contributed by atoms with van der Waals surface area (Å²) in [5.74, 6) is 0.159. The van der Waals surface area contributed by atoms with Gasteiger partial charge < -0.3 is 9.15 Å². The van der Waals surface area contributed by atoms with Crippen molar-refractivity contribution in [2.45, 2.75) is 25.4 Å². The first kappa shape index (κ1) is 23.4. The lowest BCUT2D eigenvalue weighted by atomic mass is 10.0. The minimum absolute atomic E-state index is 0.0619. The molecule has 176 valence electrons. The maximum atomic E-state index is 12.9. The van der Waals surface area contributed by atoms with Crippen molar-refractivity contribution in [3.63, 3.8) is 0 Å². The molecule has 0 aliphatic rings. The summed E-state index contributed by atoms with van der Waals surface area (Å²) >= 11 is 0. The van der Waals surface area contributed by atoms with E-state index in [9.17, 15) is 31.1 Å². The summed E-state index contributed by atoms with van der Waals surface area (Å²) in [6.07, 6.45) is -9.02. The van der Waals surface area contributed by atoms with Crippen LogP contribution in [0.2, 0.25) is 0 Å². The number of rotatable bonds is 5. The Morgan fingerprint density at radius 3 is 1.79 bits per heavy atom. The highest BCUT2D eigenvalue weighted by Crippen LogP contribution is 2.33. The van der Waals surface area contributed by atoms with Crippen LogP contribution in [0.5, 0.6) is 5.75 Å². The van der Waals surface area contributed by atoms with E-state index < -0.39 is 29.1 Å². The van der Waals surface area contributed by atoms with E-state index >= 15 is 0 Å². The fourth-order valence-electron chi connectivity index (χ4n) is 3.44. The summed E-state index contributed by atoms with van der Waals surface area (Å²) in [7, 11) is 0. The fraction of sp³-hybridized carbons (Fsp3) is 0.160. The molecule has 0 N–H and O–H groups in total. The van der Waals surface area contributed by atoms with Gasteiger partial charge >= 0.3 is 18.0 Å². The Morgan fingerprint density at radius 2 is 1.24 bits per heavy atom. The Bertz CT molecular complexity index is 1350. The molecular weight excluding hydrogens is 462 g/mol. The molecule has 0 fully saturated rings. The highest BCUT2D eigenvalue weighted by molar-refractivity contribution is 5.84. The van der Waals surface area contributed by atoms with Gasteiger partial charge in [-0.15, -0.1) is 0 Å². The Balaban J connectivity index is 1.67. The SMILES string of the molecule is O=c1oc2ccccc2c(OCc2ccc(C(F)(F)F)cc2)c1Cc1ccc(C(F)(F)F)cc1. The van der Waals surface area contributed by atoms with Gasteiger partial charge in [-0.25, -0.2) is 4.79 Å². The molecule has 3 aromatic carbocycles. The molecule has 0 aliphatic carbocycles. The van der Waals surface area contributed by atoms with E-state index in [0.717, 1.165) is 24.3 Å². The minimum atomic E-state index is -4.49. The van der Waals surface area contributed by atoms with Gasteiger partial charge in [-0.3, -0.25) is 0 Å². The summed E-state index contributed by atoms with van der Waals surface area (Å²) in [6, 6.07) is 15.3. The first-order valence-electron chi connectivity index (χ1n) is 10.0. The molecule has 0 amide bonds. The number of para-hydroxylation sites is 1. The predicted octanol–water partition coefficient (Wildman–Crippen LogP) is 7.00. The Kier molecular flexibility index (Phi) is 6.12. The van der Waals surface area contributed by atoms with Gasteiger partial charge in [0.15, 0.2) is 0 Å². The molecule has 0 saturated carbocycles. The second-order valence-electron chi connectivity index (χ2n) is 7.55. The summed E-state index contributed by atoms with van der Waals surface area (Å²) in [5.41, 5.74) is -1.15. The van der Waals surface area contributed by atoms with Crippen LogP contribution in [0.15, 0.2) is 82.0 Å². The van der Waals surface area contributed by atoms with Crippen molar-refractivity contribution >= 4 is 11.0 Å².